The highest BCUT2D eigenvalue weighted by molar-refractivity contribution is 7.51. The predicted octanol–water partition coefficient (Wildman–Crippen LogP) is 1.87. The van der Waals surface area contributed by atoms with Gasteiger partial charge in [-0.25, -0.2) is 0 Å². The van der Waals surface area contributed by atoms with Crippen molar-refractivity contribution in [1.29, 1.82) is 0 Å². The third-order valence-corrected chi connectivity index (χ3v) is 4.14. The molecule has 1 rings (SSSR count). The number of carbonyl (C=O) groups excluding carboxylic acids is 2. The van der Waals surface area contributed by atoms with Crippen LogP contribution in [0.25, 0.3) is 0 Å². The van der Waals surface area contributed by atoms with Gasteiger partial charge in [-0.1, -0.05) is 44.9 Å². The highest BCUT2D eigenvalue weighted by Gasteiger charge is 2.10. The summed E-state index contributed by atoms with van der Waals surface area (Å²) >= 11 is 0. The first-order valence-corrected chi connectivity index (χ1v) is 9.83. The number of hydrogen-bond acceptors (Lipinski definition) is 4. The lowest BCUT2D eigenvalue weighted by Crippen LogP contribution is -2.19. The van der Waals surface area contributed by atoms with E-state index in [9.17, 15) is 14.2 Å². The molecule has 0 bridgehead atoms. The lowest BCUT2D eigenvalue weighted by molar-refractivity contribution is -0.123. The topological polar surface area (TPSA) is 124 Å². The summed E-state index contributed by atoms with van der Waals surface area (Å²) in [7, 11) is -3.76. The Kier molecular flexibility index (Phi) is 12.8. The largest absolute Gasteiger partial charge is 0.396 e. The van der Waals surface area contributed by atoms with Crippen LogP contribution in [0.2, 0.25) is 0 Å². The van der Waals surface area contributed by atoms with Gasteiger partial charge in [-0.05, 0) is 12.8 Å². The third kappa shape index (κ3) is 17.2. The van der Waals surface area contributed by atoms with Crippen molar-refractivity contribution in [2.45, 2.75) is 57.8 Å². The molecule has 0 radical (unpaired) electrons. The molecule has 1 aliphatic heterocycles. The van der Waals surface area contributed by atoms with E-state index in [2.05, 4.69) is 0 Å². The average molecular weight is 349 g/mol. The lowest BCUT2D eigenvalue weighted by Gasteiger charge is -2.03. The van der Waals surface area contributed by atoms with Crippen molar-refractivity contribution < 1.29 is 29.0 Å². The molecule has 0 atom stereocenters. The smallest absolute Gasteiger partial charge is 0.325 e. The van der Waals surface area contributed by atoms with Gasteiger partial charge < -0.3 is 14.9 Å². The number of unbranched alkanes of at least 4 members (excludes halogenated alkanes) is 8. The quantitative estimate of drug-likeness (QED) is 0.256. The van der Waals surface area contributed by atoms with Crippen molar-refractivity contribution in [3.8, 4) is 0 Å². The fourth-order valence-electron chi connectivity index (χ4n) is 2.02. The minimum absolute atomic E-state index is 0.0312. The van der Waals surface area contributed by atoms with Crippen LogP contribution in [-0.4, -0.2) is 39.5 Å². The Labute approximate surface area is 137 Å². The van der Waals surface area contributed by atoms with Crippen LogP contribution in [0.5, 0.6) is 0 Å². The minimum atomic E-state index is -3.76. The van der Waals surface area contributed by atoms with E-state index in [0.717, 1.165) is 32.1 Å². The molecule has 4 N–H and O–H groups in total. The van der Waals surface area contributed by atoms with Crippen molar-refractivity contribution in [2.75, 3.05) is 12.8 Å². The standard InChI is InChI=1S/C11H25O4P.C4H3NO2/c12-10-8-6-4-2-1-3-5-7-9-11-16(13,14)15;6-3-1-2-4(7)5-3/h12H,1-11H2,(H2,13,14,15);1-2H,(H,5,6,7). The molecule has 134 valence electrons. The van der Waals surface area contributed by atoms with E-state index in [1.54, 1.807) is 0 Å². The van der Waals surface area contributed by atoms with Gasteiger partial charge in [-0.2, -0.15) is 0 Å². The van der Waals surface area contributed by atoms with Gasteiger partial charge in [0.15, 0.2) is 0 Å². The minimum Gasteiger partial charge on any atom is -0.396 e. The van der Waals surface area contributed by atoms with Gasteiger partial charge in [0.1, 0.15) is 0 Å². The van der Waals surface area contributed by atoms with Crippen molar-refractivity contribution in [3.05, 3.63) is 12.2 Å². The van der Waals surface area contributed by atoms with Crippen molar-refractivity contribution in [2.24, 2.45) is 0 Å². The van der Waals surface area contributed by atoms with Crippen LogP contribution in [0.3, 0.4) is 0 Å². The van der Waals surface area contributed by atoms with Gasteiger partial charge in [0.25, 0.3) is 11.8 Å². The Bertz CT molecular complexity index is 402. The van der Waals surface area contributed by atoms with Crippen LogP contribution in [-0.2, 0) is 14.2 Å². The number of hydrogen-bond donors (Lipinski definition) is 4. The lowest BCUT2D eigenvalue weighted by atomic mass is 10.1. The maximum absolute atomic E-state index is 10.5. The number of aliphatic hydroxyl groups is 1. The van der Waals surface area contributed by atoms with Crippen molar-refractivity contribution >= 4 is 19.4 Å². The summed E-state index contributed by atoms with van der Waals surface area (Å²) in [6, 6.07) is 0. The van der Waals surface area contributed by atoms with Crippen LogP contribution < -0.4 is 5.32 Å². The second kappa shape index (κ2) is 13.4. The number of carbonyl (C=O) groups is 2. The molecule has 1 heterocycles. The van der Waals surface area contributed by atoms with E-state index >= 15 is 0 Å². The number of imide groups is 1. The first-order chi connectivity index (χ1) is 10.8. The molecule has 0 saturated carbocycles. The van der Waals surface area contributed by atoms with Crippen molar-refractivity contribution in [1.82, 2.24) is 5.32 Å². The molecule has 2 amide bonds. The van der Waals surface area contributed by atoms with Crippen LogP contribution in [0.1, 0.15) is 57.8 Å². The van der Waals surface area contributed by atoms with E-state index < -0.39 is 7.60 Å². The SMILES string of the molecule is O=C1C=CC(=O)N1.O=P(O)(O)CCCCCCCCCCCO. The molecule has 0 aromatic rings. The third-order valence-electron chi connectivity index (χ3n) is 3.24. The number of nitrogens with one attached hydrogen (secondary N) is 1. The Hall–Kier alpha value is -1.01. The van der Waals surface area contributed by atoms with Gasteiger partial charge >= 0.3 is 7.60 Å². The fourth-order valence-corrected chi connectivity index (χ4v) is 2.66. The highest BCUT2D eigenvalue weighted by Crippen LogP contribution is 2.35. The maximum Gasteiger partial charge on any atom is 0.325 e. The van der Waals surface area contributed by atoms with Gasteiger partial charge in [-0.15, -0.1) is 0 Å². The number of amides is 2. The van der Waals surface area contributed by atoms with Crippen LogP contribution in [0.15, 0.2) is 12.2 Å². The Morgan fingerprint density at radius 3 is 1.48 bits per heavy atom. The predicted molar refractivity (Wildman–Crippen MR) is 87.8 cm³/mol. The van der Waals surface area contributed by atoms with E-state index in [0.29, 0.717) is 13.0 Å². The molecule has 0 saturated heterocycles. The second-order valence-electron chi connectivity index (χ2n) is 5.48. The molecule has 7 nitrogen and oxygen atoms in total. The normalized spacial score (nSPS) is 13.7. The molecule has 0 fully saturated rings. The summed E-state index contributed by atoms with van der Waals surface area (Å²) in [6.07, 6.45) is 11.8. The van der Waals surface area contributed by atoms with E-state index in [1.807, 2.05) is 5.32 Å². The molecular formula is C15H28NO6P. The van der Waals surface area contributed by atoms with E-state index in [-0.39, 0.29) is 18.0 Å². The number of aliphatic hydroxyl groups excluding tert-OH is 1. The summed E-state index contributed by atoms with van der Waals surface area (Å²) in [5, 5.41) is 10.6. The summed E-state index contributed by atoms with van der Waals surface area (Å²) in [5.74, 6) is -0.657. The highest BCUT2D eigenvalue weighted by atomic mass is 31.2. The molecule has 8 heteroatoms. The second-order valence-corrected chi connectivity index (χ2v) is 7.26. The summed E-state index contributed by atoms with van der Waals surface area (Å²) in [5.41, 5.74) is 0. The Morgan fingerprint density at radius 2 is 1.17 bits per heavy atom. The van der Waals surface area contributed by atoms with Crippen molar-refractivity contribution in [3.63, 3.8) is 0 Å². The van der Waals surface area contributed by atoms with Gasteiger partial charge in [0.05, 0.1) is 0 Å². The monoisotopic (exact) mass is 349 g/mol. The molecule has 0 aromatic carbocycles. The Balaban J connectivity index is 0.000000568. The molecule has 0 unspecified atom stereocenters. The average Bonchev–Trinajstić information content (AvgIpc) is 2.84. The summed E-state index contributed by atoms with van der Waals surface area (Å²) in [6.45, 7) is 0.294. The summed E-state index contributed by atoms with van der Waals surface area (Å²) in [4.78, 5) is 37.3. The van der Waals surface area contributed by atoms with Crippen LogP contribution in [0.4, 0.5) is 0 Å². The van der Waals surface area contributed by atoms with E-state index in [4.69, 9.17) is 14.9 Å². The number of rotatable bonds is 11. The first kappa shape index (κ1) is 22.0. The van der Waals surface area contributed by atoms with Crippen LogP contribution in [0, 0.1) is 0 Å². The molecule has 0 aromatic heterocycles. The molecule has 0 spiro atoms. The first-order valence-electron chi connectivity index (χ1n) is 8.03. The zero-order valence-corrected chi connectivity index (χ0v) is 14.3. The zero-order chi connectivity index (χ0) is 17.6. The molecular weight excluding hydrogens is 321 g/mol. The fraction of sp³-hybridized carbons (Fsp3) is 0.733. The van der Waals surface area contributed by atoms with Crippen LogP contribution >= 0.6 is 7.60 Å². The molecule has 23 heavy (non-hydrogen) atoms. The molecule has 0 aliphatic carbocycles. The van der Waals surface area contributed by atoms with Gasteiger partial charge in [-0.3, -0.25) is 19.5 Å². The Morgan fingerprint density at radius 1 is 0.783 bits per heavy atom. The molecule has 1 aliphatic rings. The van der Waals surface area contributed by atoms with E-state index in [1.165, 1.54) is 31.4 Å². The zero-order valence-electron chi connectivity index (χ0n) is 13.4. The van der Waals surface area contributed by atoms with Gasteiger partial charge in [0.2, 0.25) is 0 Å². The summed E-state index contributed by atoms with van der Waals surface area (Å²) < 4.78 is 10.5. The van der Waals surface area contributed by atoms with Gasteiger partial charge in [0, 0.05) is 24.9 Å². The maximum atomic E-state index is 10.5.